The Hall–Kier alpha value is -2.13. The van der Waals surface area contributed by atoms with Crippen LogP contribution in [0.25, 0.3) is 0 Å². The molecule has 0 aliphatic carbocycles. The minimum Gasteiger partial charge on any atom is -0.482 e. The molecule has 2 N–H and O–H groups in total. The Morgan fingerprint density at radius 1 is 1.17 bits per heavy atom. The van der Waals surface area contributed by atoms with Gasteiger partial charge in [0, 0.05) is 19.7 Å². The van der Waals surface area contributed by atoms with Crippen LogP contribution in [-0.2, 0) is 26.0 Å². The molecule has 0 bridgehead atoms. The minimum absolute atomic E-state index is 0.00920. The van der Waals surface area contributed by atoms with Crippen molar-refractivity contribution in [2.75, 3.05) is 26.9 Å². The van der Waals surface area contributed by atoms with Gasteiger partial charge in [0.25, 0.3) is 5.91 Å². The third kappa shape index (κ3) is 7.95. The van der Waals surface area contributed by atoms with Gasteiger partial charge in [0.1, 0.15) is 5.75 Å². The summed E-state index contributed by atoms with van der Waals surface area (Å²) in [5.41, 5.74) is 1.22. The van der Waals surface area contributed by atoms with Crippen molar-refractivity contribution < 1.29 is 22.7 Å². The average Bonchev–Trinajstić information content (AvgIpc) is 2.72. The largest absolute Gasteiger partial charge is 0.482 e. The number of benzene rings is 2. The van der Waals surface area contributed by atoms with E-state index in [0.29, 0.717) is 0 Å². The fourth-order valence-corrected chi connectivity index (χ4v) is 4.03. The lowest BCUT2D eigenvalue weighted by atomic mass is 10.1. The number of ether oxygens (including phenoxy) is 2. The highest BCUT2D eigenvalue weighted by Gasteiger charge is 2.16. The van der Waals surface area contributed by atoms with Crippen molar-refractivity contribution in [3.05, 3.63) is 59.1 Å². The molecule has 2 rings (SSSR count). The lowest BCUT2D eigenvalue weighted by Crippen LogP contribution is -2.36. The standard InChI is InChI=1S/C21H27ClN2O5S/c1-16(8-9-17-6-4-3-5-7-17)24-21(25)15-29-20-11-10-18(14-19(20)22)30(26,27)23-12-13-28-2/h3-7,10-11,14,16,23H,8-9,12-13,15H2,1-2H3,(H,24,25)/t16-/m1/s1. The Bertz CT molecular complexity index is 922. The number of nitrogens with one attached hydrogen (secondary N) is 2. The Kier molecular flexibility index (Phi) is 9.58. The summed E-state index contributed by atoms with van der Waals surface area (Å²) in [5, 5.41) is 2.99. The Balaban J connectivity index is 1.82. The van der Waals surface area contributed by atoms with Gasteiger partial charge in [0.2, 0.25) is 10.0 Å². The first-order valence-electron chi connectivity index (χ1n) is 9.56. The van der Waals surface area contributed by atoms with Gasteiger partial charge in [0.05, 0.1) is 16.5 Å². The summed E-state index contributed by atoms with van der Waals surface area (Å²) in [6, 6.07) is 14.1. The molecule has 1 amide bonds. The summed E-state index contributed by atoms with van der Waals surface area (Å²) < 4.78 is 37.1. The maximum Gasteiger partial charge on any atom is 0.258 e. The Morgan fingerprint density at radius 2 is 1.90 bits per heavy atom. The van der Waals surface area contributed by atoms with Crippen LogP contribution in [0, 0.1) is 0 Å². The molecular weight excluding hydrogens is 428 g/mol. The predicted molar refractivity (Wildman–Crippen MR) is 116 cm³/mol. The first-order chi connectivity index (χ1) is 14.3. The molecule has 0 aliphatic rings. The normalized spacial score (nSPS) is 12.4. The summed E-state index contributed by atoms with van der Waals surface area (Å²) >= 11 is 6.13. The van der Waals surface area contributed by atoms with Crippen molar-refractivity contribution in [1.29, 1.82) is 0 Å². The van der Waals surface area contributed by atoms with Crippen LogP contribution in [0.1, 0.15) is 18.9 Å². The SMILES string of the molecule is COCCNS(=O)(=O)c1ccc(OCC(=O)N[C@H](C)CCc2ccccc2)c(Cl)c1. The van der Waals surface area contributed by atoms with Crippen LogP contribution in [0.5, 0.6) is 5.75 Å². The number of aryl methyl sites for hydroxylation is 1. The van der Waals surface area contributed by atoms with E-state index in [-0.39, 0.29) is 47.4 Å². The number of sulfonamides is 1. The molecule has 0 aromatic heterocycles. The summed E-state index contributed by atoms with van der Waals surface area (Å²) in [6.07, 6.45) is 1.67. The number of carbonyl (C=O) groups is 1. The van der Waals surface area contributed by atoms with E-state index in [9.17, 15) is 13.2 Å². The van der Waals surface area contributed by atoms with Gasteiger partial charge >= 0.3 is 0 Å². The van der Waals surface area contributed by atoms with E-state index in [1.165, 1.54) is 30.9 Å². The van der Waals surface area contributed by atoms with Crippen molar-refractivity contribution in [2.24, 2.45) is 0 Å². The molecule has 0 spiro atoms. The van der Waals surface area contributed by atoms with Gasteiger partial charge in [-0.25, -0.2) is 13.1 Å². The van der Waals surface area contributed by atoms with Crippen LogP contribution in [0.4, 0.5) is 0 Å². The topological polar surface area (TPSA) is 93.7 Å². The van der Waals surface area contributed by atoms with Crippen molar-refractivity contribution in [3.63, 3.8) is 0 Å². The summed E-state index contributed by atoms with van der Waals surface area (Å²) in [4.78, 5) is 12.1. The van der Waals surface area contributed by atoms with E-state index in [2.05, 4.69) is 22.2 Å². The maximum atomic E-state index is 12.2. The van der Waals surface area contributed by atoms with Gasteiger partial charge in [0.15, 0.2) is 6.61 Å². The molecule has 7 nitrogen and oxygen atoms in total. The fraction of sp³-hybridized carbons (Fsp3) is 0.381. The highest BCUT2D eigenvalue weighted by molar-refractivity contribution is 7.89. The number of halogens is 1. The Morgan fingerprint density at radius 3 is 2.57 bits per heavy atom. The highest BCUT2D eigenvalue weighted by atomic mass is 35.5. The van der Waals surface area contributed by atoms with E-state index in [1.54, 1.807) is 0 Å². The summed E-state index contributed by atoms with van der Waals surface area (Å²) in [7, 11) is -2.21. The number of methoxy groups -OCH3 is 1. The van der Waals surface area contributed by atoms with Gasteiger partial charge in [-0.05, 0) is 43.5 Å². The highest BCUT2D eigenvalue weighted by Crippen LogP contribution is 2.27. The van der Waals surface area contributed by atoms with E-state index in [1.807, 2.05) is 25.1 Å². The zero-order valence-corrected chi connectivity index (χ0v) is 18.6. The number of amides is 1. The van der Waals surface area contributed by atoms with Gasteiger partial charge in [-0.2, -0.15) is 0 Å². The molecule has 2 aromatic rings. The second-order valence-electron chi connectivity index (χ2n) is 6.76. The van der Waals surface area contributed by atoms with Crippen LogP contribution in [0.2, 0.25) is 5.02 Å². The number of carbonyl (C=O) groups excluding carboxylic acids is 1. The maximum absolute atomic E-state index is 12.2. The second kappa shape index (κ2) is 11.9. The average molecular weight is 455 g/mol. The zero-order valence-electron chi connectivity index (χ0n) is 17.1. The first kappa shape index (κ1) is 24.1. The molecular formula is C21H27ClN2O5S. The zero-order chi connectivity index (χ0) is 22.0. The van der Waals surface area contributed by atoms with Gasteiger partial charge in [-0.15, -0.1) is 0 Å². The minimum atomic E-state index is -3.70. The predicted octanol–water partition coefficient (Wildman–Crippen LogP) is 2.78. The molecule has 0 saturated carbocycles. The molecule has 0 radical (unpaired) electrons. The molecule has 2 aromatic carbocycles. The monoisotopic (exact) mass is 454 g/mol. The van der Waals surface area contributed by atoms with E-state index in [4.69, 9.17) is 21.1 Å². The molecule has 1 atom stereocenters. The third-order valence-corrected chi connectivity index (χ3v) is 6.04. The molecule has 0 aliphatic heterocycles. The molecule has 30 heavy (non-hydrogen) atoms. The third-order valence-electron chi connectivity index (χ3n) is 4.29. The molecule has 164 valence electrons. The summed E-state index contributed by atoms with van der Waals surface area (Å²) in [5.74, 6) is -0.0378. The first-order valence-corrected chi connectivity index (χ1v) is 11.4. The lowest BCUT2D eigenvalue weighted by molar-refractivity contribution is -0.123. The smallest absolute Gasteiger partial charge is 0.258 e. The van der Waals surface area contributed by atoms with Crippen LogP contribution >= 0.6 is 11.6 Å². The van der Waals surface area contributed by atoms with Crippen LogP contribution in [0.15, 0.2) is 53.4 Å². The quantitative estimate of drug-likeness (QED) is 0.481. The van der Waals surface area contributed by atoms with E-state index in [0.717, 1.165) is 12.8 Å². The lowest BCUT2D eigenvalue weighted by Gasteiger charge is -2.15. The molecule has 0 saturated heterocycles. The fourth-order valence-electron chi connectivity index (χ4n) is 2.69. The second-order valence-corrected chi connectivity index (χ2v) is 8.94. The molecule has 0 heterocycles. The van der Waals surface area contributed by atoms with Gasteiger partial charge in [-0.3, -0.25) is 4.79 Å². The van der Waals surface area contributed by atoms with Gasteiger partial charge < -0.3 is 14.8 Å². The Labute approximate surface area is 182 Å². The van der Waals surface area contributed by atoms with Gasteiger partial charge in [-0.1, -0.05) is 41.9 Å². The van der Waals surface area contributed by atoms with Crippen LogP contribution < -0.4 is 14.8 Å². The number of rotatable bonds is 12. The van der Waals surface area contributed by atoms with Crippen molar-refractivity contribution in [1.82, 2.24) is 10.0 Å². The van der Waals surface area contributed by atoms with Crippen molar-refractivity contribution in [3.8, 4) is 5.75 Å². The van der Waals surface area contributed by atoms with Crippen molar-refractivity contribution >= 4 is 27.5 Å². The molecule has 9 heteroatoms. The number of hydrogen-bond donors (Lipinski definition) is 2. The summed E-state index contributed by atoms with van der Waals surface area (Å²) in [6.45, 7) is 2.13. The molecule has 0 fully saturated rings. The van der Waals surface area contributed by atoms with E-state index >= 15 is 0 Å². The molecule has 0 unspecified atom stereocenters. The van der Waals surface area contributed by atoms with Crippen LogP contribution in [-0.4, -0.2) is 47.2 Å². The van der Waals surface area contributed by atoms with Crippen LogP contribution in [0.3, 0.4) is 0 Å². The van der Waals surface area contributed by atoms with E-state index < -0.39 is 10.0 Å². The number of hydrogen-bond acceptors (Lipinski definition) is 5. The van der Waals surface area contributed by atoms with Crippen molar-refractivity contribution in [2.45, 2.75) is 30.7 Å².